The highest BCUT2D eigenvalue weighted by atomic mass is 32.2. The van der Waals surface area contributed by atoms with Gasteiger partial charge in [0.15, 0.2) is 0 Å². The molecule has 1 aromatic heterocycles. The Bertz CT molecular complexity index is 1050. The third-order valence-corrected chi connectivity index (χ3v) is 6.95. The van der Waals surface area contributed by atoms with Crippen molar-refractivity contribution in [2.24, 2.45) is 7.05 Å². The van der Waals surface area contributed by atoms with Crippen LogP contribution < -0.4 is 4.72 Å². The minimum Gasteiger partial charge on any atom is -0.477 e. The third-order valence-electron chi connectivity index (χ3n) is 5.14. The van der Waals surface area contributed by atoms with Crippen molar-refractivity contribution in [2.45, 2.75) is 45.3 Å². The predicted octanol–water partition coefficient (Wildman–Crippen LogP) is 3.26. The first-order valence-corrected chi connectivity index (χ1v) is 11.0. The number of nitrogens with one attached hydrogen (secondary N) is 1. The van der Waals surface area contributed by atoms with Gasteiger partial charge < -0.3 is 9.67 Å². The molecule has 0 radical (unpaired) electrons. The standard InChI is InChI=1S/C21H27N3O4S/c1-6-18-17(11-22)19(20(21(25)26)24(18)5)16-9-7-15(8-10-16)14(4)12-23-29(27,28)13(2)3/h7-10,13-14,23H,6,12H2,1-5H3,(H,25,26). The van der Waals surface area contributed by atoms with E-state index in [0.717, 1.165) is 5.56 Å². The molecular weight excluding hydrogens is 390 g/mol. The molecule has 0 bridgehead atoms. The monoisotopic (exact) mass is 417 g/mol. The van der Waals surface area contributed by atoms with Gasteiger partial charge >= 0.3 is 5.97 Å². The molecule has 0 aliphatic rings. The summed E-state index contributed by atoms with van der Waals surface area (Å²) in [6.07, 6.45) is 0.546. The molecule has 156 valence electrons. The summed E-state index contributed by atoms with van der Waals surface area (Å²) in [4.78, 5) is 11.8. The van der Waals surface area contributed by atoms with E-state index in [1.165, 1.54) is 0 Å². The van der Waals surface area contributed by atoms with E-state index in [2.05, 4.69) is 10.8 Å². The maximum Gasteiger partial charge on any atom is 0.353 e. The van der Waals surface area contributed by atoms with Crippen LogP contribution in [0.2, 0.25) is 0 Å². The molecule has 0 saturated heterocycles. The van der Waals surface area contributed by atoms with E-state index in [1.54, 1.807) is 37.6 Å². The SMILES string of the molecule is CCc1c(C#N)c(-c2ccc(C(C)CNS(=O)(=O)C(C)C)cc2)c(C(=O)O)n1C. The molecule has 29 heavy (non-hydrogen) atoms. The summed E-state index contributed by atoms with van der Waals surface area (Å²) in [5.41, 5.74) is 3.12. The van der Waals surface area contributed by atoms with Crippen molar-refractivity contribution >= 4 is 16.0 Å². The number of hydrogen-bond acceptors (Lipinski definition) is 4. The van der Waals surface area contributed by atoms with E-state index < -0.39 is 21.2 Å². The number of rotatable bonds is 8. The van der Waals surface area contributed by atoms with E-state index in [9.17, 15) is 23.6 Å². The summed E-state index contributed by atoms with van der Waals surface area (Å²) in [5.74, 6) is -1.15. The zero-order chi connectivity index (χ0) is 21.9. The van der Waals surface area contributed by atoms with Gasteiger partial charge in [-0.05, 0) is 37.3 Å². The van der Waals surface area contributed by atoms with E-state index in [0.29, 0.717) is 28.8 Å². The molecular formula is C21H27N3O4S. The molecule has 0 saturated carbocycles. The van der Waals surface area contributed by atoms with Crippen LogP contribution in [0.1, 0.15) is 60.9 Å². The molecule has 0 aliphatic carbocycles. The first-order valence-electron chi connectivity index (χ1n) is 9.48. The Balaban J connectivity index is 2.39. The Hall–Kier alpha value is -2.63. The molecule has 0 fully saturated rings. The number of carboxylic acids is 1. The molecule has 2 rings (SSSR count). The fourth-order valence-corrected chi connectivity index (χ4v) is 4.12. The Morgan fingerprint density at radius 2 is 1.83 bits per heavy atom. The largest absolute Gasteiger partial charge is 0.477 e. The van der Waals surface area contributed by atoms with Gasteiger partial charge in [-0.25, -0.2) is 17.9 Å². The minimum atomic E-state index is -3.34. The molecule has 2 N–H and O–H groups in total. The highest BCUT2D eigenvalue weighted by Gasteiger charge is 2.25. The lowest BCUT2D eigenvalue weighted by molar-refractivity contribution is 0.0687. The molecule has 1 unspecified atom stereocenters. The lowest BCUT2D eigenvalue weighted by Gasteiger charge is -2.15. The summed E-state index contributed by atoms with van der Waals surface area (Å²) in [6, 6.07) is 9.40. The van der Waals surface area contributed by atoms with Crippen molar-refractivity contribution < 1.29 is 18.3 Å². The molecule has 1 atom stereocenters. The van der Waals surface area contributed by atoms with Gasteiger partial charge in [0.05, 0.1) is 10.8 Å². The van der Waals surface area contributed by atoms with E-state index in [1.807, 2.05) is 26.0 Å². The van der Waals surface area contributed by atoms with E-state index >= 15 is 0 Å². The number of carboxylic acid groups (broad SMARTS) is 1. The maximum absolute atomic E-state index is 11.9. The van der Waals surface area contributed by atoms with Crippen LogP contribution in [-0.4, -0.2) is 35.9 Å². The second-order valence-electron chi connectivity index (χ2n) is 7.34. The molecule has 7 nitrogen and oxygen atoms in total. The van der Waals surface area contributed by atoms with Crippen molar-refractivity contribution in [1.82, 2.24) is 9.29 Å². The highest BCUT2D eigenvalue weighted by molar-refractivity contribution is 7.90. The second kappa shape index (κ2) is 8.80. The number of sulfonamides is 1. The maximum atomic E-state index is 11.9. The average molecular weight is 418 g/mol. The predicted molar refractivity (Wildman–Crippen MR) is 112 cm³/mol. The van der Waals surface area contributed by atoms with Crippen LogP contribution in [0, 0.1) is 11.3 Å². The van der Waals surface area contributed by atoms with Gasteiger partial charge in [-0.3, -0.25) is 0 Å². The summed E-state index contributed by atoms with van der Waals surface area (Å²) in [7, 11) is -1.68. The third kappa shape index (κ3) is 4.52. The topological polar surface area (TPSA) is 112 Å². The Kier molecular flexibility index (Phi) is 6.88. The van der Waals surface area contributed by atoms with Crippen molar-refractivity contribution in [3.05, 3.63) is 46.8 Å². The van der Waals surface area contributed by atoms with Gasteiger partial charge in [0.25, 0.3) is 0 Å². The lowest BCUT2D eigenvalue weighted by atomic mass is 9.95. The summed E-state index contributed by atoms with van der Waals surface area (Å²) < 4.78 is 28.1. The van der Waals surface area contributed by atoms with Gasteiger partial charge in [-0.15, -0.1) is 0 Å². The van der Waals surface area contributed by atoms with Crippen molar-refractivity contribution in [1.29, 1.82) is 5.26 Å². The van der Waals surface area contributed by atoms with Crippen LogP contribution in [0.5, 0.6) is 0 Å². The van der Waals surface area contributed by atoms with Crippen LogP contribution in [0.15, 0.2) is 24.3 Å². The van der Waals surface area contributed by atoms with Crippen LogP contribution >= 0.6 is 0 Å². The summed E-state index contributed by atoms with van der Waals surface area (Å²) in [5, 5.41) is 18.8. The molecule has 2 aromatic rings. The van der Waals surface area contributed by atoms with Gasteiger partial charge in [0, 0.05) is 24.8 Å². The zero-order valence-electron chi connectivity index (χ0n) is 17.4. The van der Waals surface area contributed by atoms with Crippen LogP contribution in [0.3, 0.4) is 0 Å². The first-order chi connectivity index (χ1) is 13.5. The van der Waals surface area contributed by atoms with Crippen LogP contribution in [0.4, 0.5) is 0 Å². The number of hydrogen-bond donors (Lipinski definition) is 2. The molecule has 1 heterocycles. The Morgan fingerprint density at radius 3 is 2.28 bits per heavy atom. The first kappa shape index (κ1) is 22.7. The number of carbonyl (C=O) groups is 1. The second-order valence-corrected chi connectivity index (χ2v) is 9.66. The molecule has 1 aromatic carbocycles. The molecule has 0 aliphatic heterocycles. The Morgan fingerprint density at radius 1 is 1.24 bits per heavy atom. The smallest absolute Gasteiger partial charge is 0.353 e. The fraction of sp³-hybridized carbons (Fsp3) is 0.429. The summed E-state index contributed by atoms with van der Waals surface area (Å²) >= 11 is 0. The van der Waals surface area contributed by atoms with Crippen molar-refractivity contribution in [3.8, 4) is 17.2 Å². The molecule has 8 heteroatoms. The van der Waals surface area contributed by atoms with Gasteiger partial charge in [0.2, 0.25) is 10.0 Å². The van der Waals surface area contributed by atoms with Crippen LogP contribution in [-0.2, 0) is 23.5 Å². The van der Waals surface area contributed by atoms with Crippen LogP contribution in [0.25, 0.3) is 11.1 Å². The Labute approximate surface area is 172 Å². The number of nitrogens with zero attached hydrogens (tertiary/aromatic N) is 2. The molecule has 0 spiro atoms. The molecule has 0 amide bonds. The number of aromatic carboxylic acids is 1. The van der Waals surface area contributed by atoms with E-state index in [4.69, 9.17) is 0 Å². The minimum absolute atomic E-state index is 0.0612. The van der Waals surface area contributed by atoms with Crippen molar-refractivity contribution in [2.75, 3.05) is 6.54 Å². The number of benzene rings is 1. The van der Waals surface area contributed by atoms with Gasteiger partial charge in [-0.1, -0.05) is 38.1 Å². The number of nitriles is 1. The van der Waals surface area contributed by atoms with Gasteiger partial charge in [-0.2, -0.15) is 5.26 Å². The van der Waals surface area contributed by atoms with Gasteiger partial charge in [0.1, 0.15) is 11.8 Å². The quantitative estimate of drug-likeness (QED) is 0.685. The highest BCUT2D eigenvalue weighted by Crippen LogP contribution is 2.33. The number of aromatic nitrogens is 1. The normalized spacial score (nSPS) is 12.7. The van der Waals surface area contributed by atoms with Crippen molar-refractivity contribution in [3.63, 3.8) is 0 Å². The van der Waals surface area contributed by atoms with E-state index in [-0.39, 0.29) is 18.2 Å². The summed E-state index contributed by atoms with van der Waals surface area (Å²) in [6.45, 7) is 7.32. The lowest BCUT2D eigenvalue weighted by Crippen LogP contribution is -2.33. The average Bonchev–Trinajstić information content (AvgIpc) is 2.97. The fourth-order valence-electron chi connectivity index (χ4n) is 3.30. The zero-order valence-corrected chi connectivity index (χ0v) is 18.2.